The zero-order valence-electron chi connectivity index (χ0n) is 17.5. The number of rotatable bonds is 8. The maximum absolute atomic E-state index is 12.6. The number of methoxy groups -OCH3 is 1. The Hall–Kier alpha value is -1.95. The molecule has 1 aliphatic rings. The molecule has 7 nitrogen and oxygen atoms in total. The lowest BCUT2D eigenvalue weighted by molar-refractivity contribution is -0.145. The van der Waals surface area contributed by atoms with Gasteiger partial charge in [0.25, 0.3) is 11.1 Å². The summed E-state index contributed by atoms with van der Waals surface area (Å²) in [6.45, 7) is 1.65. The topological polar surface area (TPSA) is 82.1 Å². The molecule has 2 aromatic rings. The molecule has 0 bridgehead atoms. The van der Waals surface area contributed by atoms with E-state index in [2.05, 4.69) is 22.6 Å². The summed E-state index contributed by atoms with van der Waals surface area (Å²) in [5.74, 6) is -0.205. The molecule has 0 atom stereocenters. The van der Waals surface area contributed by atoms with Gasteiger partial charge in [-0.3, -0.25) is 19.3 Å². The fourth-order valence-electron chi connectivity index (χ4n) is 2.87. The number of amides is 2. The van der Waals surface area contributed by atoms with Crippen LogP contribution < -0.4 is 9.47 Å². The molecule has 2 aromatic carbocycles. The van der Waals surface area contributed by atoms with E-state index in [0.29, 0.717) is 27.1 Å². The van der Waals surface area contributed by atoms with Gasteiger partial charge in [0.15, 0.2) is 11.5 Å². The summed E-state index contributed by atoms with van der Waals surface area (Å²) in [6, 6.07) is 8.74. The van der Waals surface area contributed by atoms with Gasteiger partial charge in [-0.05, 0) is 82.7 Å². The van der Waals surface area contributed by atoms with Gasteiger partial charge in [0.1, 0.15) is 13.2 Å². The minimum absolute atomic E-state index is 0.169. The van der Waals surface area contributed by atoms with E-state index in [9.17, 15) is 14.4 Å². The average molecular weight is 622 g/mol. The quantitative estimate of drug-likeness (QED) is 0.210. The highest BCUT2D eigenvalue weighted by Crippen LogP contribution is 2.38. The first-order valence-electron chi connectivity index (χ1n) is 9.58. The molecule has 1 heterocycles. The Morgan fingerprint density at radius 1 is 1.18 bits per heavy atom. The number of hydrogen-bond acceptors (Lipinski definition) is 7. The molecule has 33 heavy (non-hydrogen) atoms. The number of nitrogens with zero attached hydrogens (tertiary/aromatic N) is 1. The van der Waals surface area contributed by atoms with Crippen LogP contribution >= 0.6 is 57.6 Å². The largest absolute Gasteiger partial charge is 0.493 e. The van der Waals surface area contributed by atoms with Crippen molar-refractivity contribution in [3.63, 3.8) is 0 Å². The van der Waals surface area contributed by atoms with Crippen molar-refractivity contribution in [2.45, 2.75) is 13.5 Å². The second-order valence-corrected chi connectivity index (χ2v) is 9.61. The van der Waals surface area contributed by atoms with Gasteiger partial charge in [-0.1, -0.05) is 29.3 Å². The van der Waals surface area contributed by atoms with E-state index in [4.69, 9.17) is 37.4 Å². The summed E-state index contributed by atoms with van der Waals surface area (Å²) < 4.78 is 17.0. The minimum atomic E-state index is -0.638. The number of ether oxygens (including phenoxy) is 3. The normalized spacial score (nSPS) is 14.7. The third-order valence-corrected chi connectivity index (χ3v) is 6.83. The number of imide groups is 1. The molecule has 0 unspecified atom stereocenters. The summed E-state index contributed by atoms with van der Waals surface area (Å²) in [7, 11) is 1.51. The van der Waals surface area contributed by atoms with Crippen LogP contribution in [0.15, 0.2) is 35.2 Å². The van der Waals surface area contributed by atoms with Crippen molar-refractivity contribution >= 4 is 80.7 Å². The van der Waals surface area contributed by atoms with Crippen LogP contribution in [0.3, 0.4) is 0 Å². The van der Waals surface area contributed by atoms with Crippen molar-refractivity contribution in [3.8, 4) is 11.5 Å². The number of benzene rings is 2. The Balaban J connectivity index is 1.79. The van der Waals surface area contributed by atoms with Crippen LogP contribution in [0.25, 0.3) is 6.08 Å². The first kappa shape index (κ1) is 25.7. The monoisotopic (exact) mass is 621 g/mol. The highest BCUT2D eigenvalue weighted by molar-refractivity contribution is 14.1. The maximum Gasteiger partial charge on any atom is 0.326 e. The zero-order chi connectivity index (χ0) is 24.1. The van der Waals surface area contributed by atoms with Crippen molar-refractivity contribution in [1.82, 2.24) is 4.90 Å². The van der Waals surface area contributed by atoms with Crippen LogP contribution in [-0.2, 0) is 20.9 Å². The van der Waals surface area contributed by atoms with E-state index >= 15 is 0 Å². The number of halogens is 3. The first-order valence-corrected chi connectivity index (χ1v) is 12.2. The fraction of sp³-hybridized carbons (Fsp3) is 0.227. The Bertz CT molecular complexity index is 1140. The number of hydrogen-bond donors (Lipinski definition) is 0. The minimum Gasteiger partial charge on any atom is -0.493 e. The third kappa shape index (κ3) is 6.34. The van der Waals surface area contributed by atoms with E-state index in [1.807, 2.05) is 6.07 Å². The molecule has 0 aromatic heterocycles. The van der Waals surface area contributed by atoms with Crippen molar-refractivity contribution in [2.24, 2.45) is 0 Å². The molecule has 1 fully saturated rings. The summed E-state index contributed by atoms with van der Waals surface area (Å²) >= 11 is 14.9. The van der Waals surface area contributed by atoms with Crippen molar-refractivity contribution in [3.05, 3.63) is 60.0 Å². The SMILES string of the molecule is CCOC(=O)CN1C(=O)S/C(=C/c2cc(I)c(OCc3ccc(Cl)c(Cl)c3)c(OC)c2)C1=O. The van der Waals surface area contributed by atoms with Crippen LogP contribution in [0.1, 0.15) is 18.1 Å². The summed E-state index contributed by atoms with van der Waals surface area (Å²) in [5.41, 5.74) is 1.47. The van der Waals surface area contributed by atoms with Gasteiger partial charge in [0.05, 0.1) is 32.2 Å². The highest BCUT2D eigenvalue weighted by atomic mass is 127. The summed E-state index contributed by atoms with van der Waals surface area (Å²) in [6.07, 6.45) is 1.57. The van der Waals surface area contributed by atoms with E-state index in [-0.39, 0.29) is 18.1 Å². The van der Waals surface area contributed by atoms with Gasteiger partial charge >= 0.3 is 5.97 Å². The fourth-order valence-corrected chi connectivity index (χ4v) is 4.81. The van der Waals surface area contributed by atoms with E-state index < -0.39 is 23.7 Å². The van der Waals surface area contributed by atoms with Gasteiger partial charge in [0.2, 0.25) is 0 Å². The molecule has 0 spiro atoms. The van der Waals surface area contributed by atoms with Crippen molar-refractivity contribution in [2.75, 3.05) is 20.3 Å². The van der Waals surface area contributed by atoms with Crippen LogP contribution in [-0.4, -0.2) is 42.3 Å². The lowest BCUT2D eigenvalue weighted by Crippen LogP contribution is -2.34. The van der Waals surface area contributed by atoms with Gasteiger partial charge in [-0.2, -0.15) is 0 Å². The molecule has 11 heteroatoms. The third-order valence-electron chi connectivity index (χ3n) is 4.38. The molecule has 2 amide bonds. The van der Waals surface area contributed by atoms with Gasteiger partial charge < -0.3 is 14.2 Å². The van der Waals surface area contributed by atoms with Crippen LogP contribution in [0, 0.1) is 3.57 Å². The summed E-state index contributed by atoms with van der Waals surface area (Å²) in [5, 5.41) is 0.373. The molecule has 1 aliphatic heterocycles. The molecule has 0 N–H and O–H groups in total. The smallest absolute Gasteiger partial charge is 0.326 e. The number of thioether (sulfide) groups is 1. The zero-order valence-corrected chi connectivity index (χ0v) is 22.0. The molecule has 3 rings (SSSR count). The number of carbonyl (C=O) groups excluding carboxylic acids is 3. The van der Waals surface area contributed by atoms with Crippen LogP contribution in [0.2, 0.25) is 10.0 Å². The predicted molar refractivity (Wildman–Crippen MR) is 136 cm³/mol. The number of esters is 1. The molecular formula is C22H18Cl2INO6S. The maximum atomic E-state index is 12.6. The number of carbonyl (C=O) groups is 3. The van der Waals surface area contributed by atoms with Crippen LogP contribution in [0.5, 0.6) is 11.5 Å². The molecule has 0 saturated carbocycles. The van der Waals surface area contributed by atoms with Crippen molar-refractivity contribution < 1.29 is 28.6 Å². The molecular weight excluding hydrogens is 604 g/mol. The van der Waals surface area contributed by atoms with Crippen LogP contribution in [0.4, 0.5) is 4.79 Å². The van der Waals surface area contributed by atoms with Gasteiger partial charge in [-0.25, -0.2) is 0 Å². The predicted octanol–water partition coefficient (Wildman–Crippen LogP) is 5.79. The molecule has 1 saturated heterocycles. The van der Waals surface area contributed by atoms with Crippen molar-refractivity contribution in [1.29, 1.82) is 0 Å². The lowest BCUT2D eigenvalue weighted by Gasteiger charge is -2.14. The second-order valence-electron chi connectivity index (χ2n) is 6.64. The Morgan fingerprint density at radius 3 is 2.61 bits per heavy atom. The average Bonchev–Trinajstić information content (AvgIpc) is 3.02. The Morgan fingerprint density at radius 2 is 1.94 bits per heavy atom. The van der Waals surface area contributed by atoms with E-state index in [1.165, 1.54) is 7.11 Å². The first-order chi connectivity index (χ1) is 15.7. The molecule has 174 valence electrons. The lowest BCUT2D eigenvalue weighted by atomic mass is 10.1. The van der Waals surface area contributed by atoms with E-state index in [1.54, 1.807) is 37.3 Å². The Labute approximate surface area is 218 Å². The van der Waals surface area contributed by atoms with Gasteiger partial charge in [-0.15, -0.1) is 0 Å². The van der Waals surface area contributed by atoms with E-state index in [0.717, 1.165) is 25.8 Å². The Kier molecular flexibility index (Phi) is 8.91. The summed E-state index contributed by atoms with van der Waals surface area (Å²) in [4.78, 5) is 37.5. The highest BCUT2D eigenvalue weighted by Gasteiger charge is 2.36. The molecule has 0 radical (unpaired) electrons. The molecule has 0 aliphatic carbocycles. The van der Waals surface area contributed by atoms with Gasteiger partial charge in [0, 0.05) is 0 Å². The second kappa shape index (κ2) is 11.5. The standard InChI is InChI=1S/C22H18Cl2INO6S/c1-3-31-19(27)10-26-21(28)18(33-22(26)29)9-13-7-16(25)20(17(8-13)30-2)32-11-12-4-5-14(23)15(24)6-12/h4-9H,3,10-11H2,1-2H3/b18-9+.